The Labute approximate surface area is 183 Å². The average Bonchev–Trinajstić information content (AvgIpc) is 2.70. The number of carbonyl (C=O) groups is 2. The van der Waals surface area contributed by atoms with Gasteiger partial charge in [0.2, 0.25) is 0 Å². The van der Waals surface area contributed by atoms with Gasteiger partial charge in [0.05, 0.1) is 0 Å². The summed E-state index contributed by atoms with van der Waals surface area (Å²) in [7, 11) is 0. The number of thiocarbonyl (C=S) groups is 1. The Hall–Kier alpha value is -3.07. The molecular formula is C21H19ClN4O3S. The number of halogens is 1. The molecule has 1 heterocycles. The van der Waals surface area contributed by atoms with Crippen LogP contribution in [0.3, 0.4) is 0 Å². The van der Waals surface area contributed by atoms with Gasteiger partial charge in [0.1, 0.15) is 21.2 Å². The zero-order valence-corrected chi connectivity index (χ0v) is 17.5. The van der Waals surface area contributed by atoms with Crippen LogP contribution in [0.15, 0.2) is 66.9 Å². The van der Waals surface area contributed by atoms with E-state index in [1.807, 2.05) is 0 Å². The summed E-state index contributed by atoms with van der Waals surface area (Å²) >= 11 is 11.9. The summed E-state index contributed by atoms with van der Waals surface area (Å²) in [5.74, 6) is -0.376. The molecule has 0 aliphatic heterocycles. The number of allylic oxidation sites excluding steroid dienone is 2. The van der Waals surface area contributed by atoms with Gasteiger partial charge in [-0.05, 0) is 36.8 Å². The highest BCUT2D eigenvalue weighted by atomic mass is 35.5. The Kier molecular flexibility index (Phi) is 6.02. The third kappa shape index (κ3) is 4.25. The number of hydrogen-bond acceptors (Lipinski definition) is 5. The minimum absolute atomic E-state index is 0.140. The van der Waals surface area contributed by atoms with Gasteiger partial charge in [-0.25, -0.2) is 4.79 Å². The predicted molar refractivity (Wildman–Crippen MR) is 120 cm³/mol. The van der Waals surface area contributed by atoms with Gasteiger partial charge in [0.15, 0.2) is 0 Å². The highest BCUT2D eigenvalue weighted by Crippen LogP contribution is 2.41. The van der Waals surface area contributed by atoms with E-state index in [1.165, 1.54) is 25.3 Å². The molecule has 5 N–H and O–H groups in total. The van der Waals surface area contributed by atoms with E-state index in [0.717, 1.165) is 0 Å². The SMILES string of the molecule is CC1(O)C=CC(c2ccccc2NC(=O)c2ccccn2)=CC1(Cl)C(=S)NC(N)=O. The number of aromatic nitrogens is 1. The Morgan fingerprint density at radius 1 is 1.20 bits per heavy atom. The van der Waals surface area contributed by atoms with E-state index in [9.17, 15) is 14.7 Å². The second-order valence-electron chi connectivity index (χ2n) is 6.83. The largest absolute Gasteiger partial charge is 0.383 e. The van der Waals surface area contributed by atoms with Crippen molar-refractivity contribution < 1.29 is 14.7 Å². The Balaban J connectivity index is 1.99. The van der Waals surface area contributed by atoms with Crippen LogP contribution in [-0.2, 0) is 0 Å². The van der Waals surface area contributed by atoms with Crippen molar-refractivity contribution in [2.24, 2.45) is 5.73 Å². The molecule has 0 fully saturated rings. The number of rotatable bonds is 4. The van der Waals surface area contributed by atoms with Crippen LogP contribution in [0.2, 0.25) is 0 Å². The van der Waals surface area contributed by atoms with Crippen molar-refractivity contribution in [3.05, 3.63) is 78.1 Å². The molecule has 2 unspecified atom stereocenters. The van der Waals surface area contributed by atoms with E-state index in [4.69, 9.17) is 29.6 Å². The van der Waals surface area contributed by atoms with Crippen molar-refractivity contribution >= 4 is 52.0 Å². The van der Waals surface area contributed by atoms with Crippen molar-refractivity contribution in [1.29, 1.82) is 0 Å². The van der Waals surface area contributed by atoms with Gasteiger partial charge in [0.25, 0.3) is 5.91 Å². The highest BCUT2D eigenvalue weighted by Gasteiger charge is 2.48. The number of nitrogens with zero attached hydrogens (tertiary/aromatic N) is 1. The number of primary amides is 1. The molecule has 0 saturated heterocycles. The number of nitrogens with two attached hydrogens (primary N) is 1. The van der Waals surface area contributed by atoms with Gasteiger partial charge in [-0.15, -0.1) is 11.6 Å². The Morgan fingerprint density at radius 3 is 2.57 bits per heavy atom. The van der Waals surface area contributed by atoms with Crippen LogP contribution in [0.5, 0.6) is 0 Å². The fourth-order valence-electron chi connectivity index (χ4n) is 2.97. The summed E-state index contributed by atoms with van der Waals surface area (Å²) < 4.78 is 0. The first kappa shape index (κ1) is 21.6. The molecule has 0 spiro atoms. The number of aliphatic hydroxyl groups is 1. The molecule has 3 rings (SSSR count). The third-order valence-corrected chi connectivity index (χ3v) is 5.85. The van der Waals surface area contributed by atoms with Crippen molar-refractivity contribution in [2.75, 3.05) is 5.32 Å². The lowest BCUT2D eigenvalue weighted by Gasteiger charge is -2.39. The van der Waals surface area contributed by atoms with Crippen LogP contribution in [0.1, 0.15) is 23.0 Å². The van der Waals surface area contributed by atoms with Crippen LogP contribution in [-0.4, -0.2) is 37.5 Å². The summed E-state index contributed by atoms with van der Waals surface area (Å²) in [5.41, 5.74) is 5.57. The second-order valence-corrected chi connectivity index (χ2v) is 7.83. The van der Waals surface area contributed by atoms with Gasteiger partial charge < -0.3 is 21.5 Å². The van der Waals surface area contributed by atoms with Crippen molar-refractivity contribution in [1.82, 2.24) is 10.3 Å². The summed E-state index contributed by atoms with van der Waals surface area (Å²) in [4.78, 5) is 26.1. The van der Waals surface area contributed by atoms with E-state index in [-0.39, 0.29) is 16.6 Å². The molecule has 30 heavy (non-hydrogen) atoms. The molecule has 9 heteroatoms. The molecule has 7 nitrogen and oxygen atoms in total. The van der Waals surface area contributed by atoms with Crippen LogP contribution in [0.4, 0.5) is 10.5 Å². The Bertz CT molecular complexity index is 1070. The molecular weight excluding hydrogens is 424 g/mol. The highest BCUT2D eigenvalue weighted by molar-refractivity contribution is 7.80. The minimum Gasteiger partial charge on any atom is -0.383 e. The standard InChI is InChI=1S/C21H19ClN4O3S/c1-20(29)10-9-13(12-21(20,22)18(30)26-19(23)28)14-6-2-3-7-15(14)25-17(27)16-8-4-5-11-24-16/h2-12,29H,1H3,(H,25,27)(H3,23,26,28,30). The second kappa shape index (κ2) is 8.35. The molecule has 0 radical (unpaired) electrons. The summed E-state index contributed by atoms with van der Waals surface area (Å²) in [5, 5.41) is 15.9. The maximum Gasteiger partial charge on any atom is 0.317 e. The lowest BCUT2D eigenvalue weighted by atomic mass is 9.80. The van der Waals surface area contributed by atoms with Crippen LogP contribution < -0.4 is 16.4 Å². The lowest BCUT2D eigenvalue weighted by Crippen LogP contribution is -2.57. The minimum atomic E-state index is -1.64. The molecule has 0 bridgehead atoms. The number of alkyl halides is 1. The van der Waals surface area contributed by atoms with Crippen LogP contribution in [0, 0.1) is 0 Å². The molecule has 3 amide bonds. The first-order valence-corrected chi connectivity index (χ1v) is 9.69. The zero-order chi connectivity index (χ0) is 21.9. The molecule has 1 aromatic heterocycles. The van der Waals surface area contributed by atoms with Crippen molar-refractivity contribution in [2.45, 2.75) is 17.4 Å². The van der Waals surface area contributed by atoms with Crippen LogP contribution >= 0.6 is 23.8 Å². The number of anilines is 1. The van der Waals surface area contributed by atoms with Gasteiger partial charge in [-0.2, -0.15) is 0 Å². The van der Waals surface area contributed by atoms with Gasteiger partial charge in [-0.1, -0.05) is 48.6 Å². The first-order valence-electron chi connectivity index (χ1n) is 8.90. The number of carbonyl (C=O) groups excluding carboxylic acids is 2. The maximum absolute atomic E-state index is 12.5. The number of hydrogen-bond donors (Lipinski definition) is 4. The van der Waals surface area contributed by atoms with E-state index in [1.54, 1.807) is 48.5 Å². The smallest absolute Gasteiger partial charge is 0.317 e. The molecule has 154 valence electrons. The van der Waals surface area contributed by atoms with E-state index >= 15 is 0 Å². The number of benzene rings is 1. The van der Waals surface area contributed by atoms with Gasteiger partial charge in [-0.3, -0.25) is 9.78 Å². The normalized spacial score (nSPS) is 22.7. The number of nitrogens with one attached hydrogen (secondary N) is 2. The summed E-state index contributed by atoms with van der Waals surface area (Å²) in [6, 6.07) is 11.2. The molecule has 2 atom stereocenters. The van der Waals surface area contributed by atoms with E-state index in [2.05, 4.69) is 15.6 Å². The van der Waals surface area contributed by atoms with E-state index in [0.29, 0.717) is 16.8 Å². The monoisotopic (exact) mass is 442 g/mol. The molecule has 1 aliphatic carbocycles. The topological polar surface area (TPSA) is 117 Å². The number of urea groups is 1. The fraction of sp³-hybridized carbons (Fsp3) is 0.143. The third-order valence-electron chi connectivity index (χ3n) is 4.63. The Morgan fingerprint density at radius 2 is 1.90 bits per heavy atom. The quantitative estimate of drug-likeness (QED) is 0.429. The fourth-order valence-corrected chi connectivity index (χ4v) is 3.57. The number of amides is 3. The van der Waals surface area contributed by atoms with Gasteiger partial charge >= 0.3 is 6.03 Å². The number of para-hydroxylation sites is 1. The van der Waals surface area contributed by atoms with Crippen LogP contribution in [0.25, 0.3) is 5.57 Å². The van der Waals surface area contributed by atoms with Crippen molar-refractivity contribution in [3.63, 3.8) is 0 Å². The summed E-state index contributed by atoms with van der Waals surface area (Å²) in [6.07, 6.45) is 6.20. The lowest BCUT2D eigenvalue weighted by molar-refractivity contribution is 0.101. The van der Waals surface area contributed by atoms with Crippen molar-refractivity contribution in [3.8, 4) is 0 Å². The molecule has 0 saturated carbocycles. The average molecular weight is 443 g/mol. The zero-order valence-electron chi connectivity index (χ0n) is 15.9. The number of pyridine rings is 1. The first-order chi connectivity index (χ1) is 14.1. The predicted octanol–water partition coefficient (Wildman–Crippen LogP) is 3.01. The van der Waals surface area contributed by atoms with Gasteiger partial charge in [0, 0.05) is 17.4 Å². The molecule has 1 aromatic carbocycles. The van der Waals surface area contributed by atoms with E-state index < -0.39 is 16.5 Å². The molecule has 1 aliphatic rings. The molecule has 2 aromatic rings. The maximum atomic E-state index is 12.5. The summed E-state index contributed by atoms with van der Waals surface area (Å²) in [6.45, 7) is 1.47.